The van der Waals surface area contributed by atoms with Crippen molar-refractivity contribution in [1.82, 2.24) is 0 Å². The van der Waals surface area contributed by atoms with Crippen molar-refractivity contribution in [2.75, 3.05) is 0 Å². The molecular weight excluding hydrogens is 272 g/mol. The summed E-state index contributed by atoms with van der Waals surface area (Å²) in [5.74, 6) is 1.01. The zero-order valence-corrected chi connectivity index (χ0v) is 12.2. The molecule has 2 aromatic rings. The minimum atomic E-state index is 0.212. The van der Waals surface area contributed by atoms with E-state index in [-0.39, 0.29) is 5.78 Å². The Morgan fingerprint density at radius 2 is 1.80 bits per heavy atom. The van der Waals surface area contributed by atoms with E-state index in [0.717, 1.165) is 23.3 Å². The van der Waals surface area contributed by atoms with Crippen LogP contribution in [0.25, 0.3) is 0 Å². The number of rotatable bonds is 6. The van der Waals surface area contributed by atoms with Gasteiger partial charge in [0.1, 0.15) is 18.1 Å². The number of ether oxygens (including phenoxy) is 1. The standard InChI is InChI=1S/C17H17ClO2/c1-13(19)6-7-14-8-10-16(11-9-14)20-12-15-4-2-3-5-17(15)18/h2-5,8-11H,6-7,12H2,1H3. The number of halogens is 1. The molecule has 20 heavy (non-hydrogen) atoms. The summed E-state index contributed by atoms with van der Waals surface area (Å²) in [6.45, 7) is 2.06. The number of carbonyl (C=O) groups excluding carboxylic acids is 1. The summed E-state index contributed by atoms with van der Waals surface area (Å²) in [6, 6.07) is 15.5. The van der Waals surface area contributed by atoms with Gasteiger partial charge in [-0.3, -0.25) is 0 Å². The third kappa shape index (κ3) is 4.39. The van der Waals surface area contributed by atoms with Crippen LogP contribution in [0.5, 0.6) is 5.75 Å². The lowest BCUT2D eigenvalue weighted by Crippen LogP contribution is -1.97. The Morgan fingerprint density at radius 3 is 2.45 bits per heavy atom. The molecule has 0 radical (unpaired) electrons. The van der Waals surface area contributed by atoms with Crippen LogP contribution in [0.15, 0.2) is 48.5 Å². The summed E-state index contributed by atoms with van der Waals surface area (Å²) in [4.78, 5) is 10.9. The third-order valence-electron chi connectivity index (χ3n) is 3.04. The summed E-state index contributed by atoms with van der Waals surface area (Å²) in [5, 5.41) is 0.713. The molecular formula is C17H17ClO2. The fourth-order valence-corrected chi connectivity index (χ4v) is 2.04. The van der Waals surface area contributed by atoms with Crippen molar-refractivity contribution in [2.24, 2.45) is 0 Å². The Balaban J connectivity index is 1.91. The molecule has 0 aliphatic carbocycles. The Morgan fingerprint density at radius 1 is 1.10 bits per heavy atom. The van der Waals surface area contributed by atoms with E-state index < -0.39 is 0 Å². The normalized spacial score (nSPS) is 10.3. The van der Waals surface area contributed by atoms with Crippen LogP contribution >= 0.6 is 11.6 Å². The predicted octanol–water partition coefficient (Wildman–Crippen LogP) is 4.44. The molecule has 0 fully saturated rings. The fraction of sp³-hybridized carbons (Fsp3) is 0.235. The van der Waals surface area contributed by atoms with Crippen molar-refractivity contribution < 1.29 is 9.53 Å². The zero-order valence-electron chi connectivity index (χ0n) is 11.4. The van der Waals surface area contributed by atoms with Crippen molar-refractivity contribution in [3.63, 3.8) is 0 Å². The SMILES string of the molecule is CC(=O)CCc1ccc(OCc2ccccc2Cl)cc1. The zero-order chi connectivity index (χ0) is 14.4. The van der Waals surface area contributed by atoms with Crippen molar-refractivity contribution in [1.29, 1.82) is 0 Å². The lowest BCUT2D eigenvalue weighted by atomic mass is 10.1. The minimum absolute atomic E-state index is 0.212. The van der Waals surface area contributed by atoms with Gasteiger partial charge in [-0.2, -0.15) is 0 Å². The number of hydrogen-bond acceptors (Lipinski definition) is 2. The van der Waals surface area contributed by atoms with Crippen LogP contribution in [0.4, 0.5) is 0 Å². The molecule has 0 N–H and O–H groups in total. The number of benzene rings is 2. The number of hydrogen-bond donors (Lipinski definition) is 0. The molecule has 0 saturated heterocycles. The average Bonchev–Trinajstić information content (AvgIpc) is 2.45. The summed E-state index contributed by atoms with van der Waals surface area (Å²) >= 11 is 6.07. The Hall–Kier alpha value is -1.80. The van der Waals surface area contributed by atoms with Gasteiger partial charge in [-0.25, -0.2) is 0 Å². The molecule has 2 nitrogen and oxygen atoms in total. The van der Waals surface area contributed by atoms with E-state index in [4.69, 9.17) is 16.3 Å². The molecule has 0 bridgehead atoms. The molecule has 2 aromatic carbocycles. The molecule has 0 spiro atoms. The highest BCUT2D eigenvalue weighted by Gasteiger charge is 2.01. The van der Waals surface area contributed by atoms with Crippen LogP contribution in [-0.4, -0.2) is 5.78 Å². The van der Waals surface area contributed by atoms with Crippen LogP contribution in [0.3, 0.4) is 0 Å². The lowest BCUT2D eigenvalue weighted by molar-refractivity contribution is -0.116. The summed E-state index contributed by atoms with van der Waals surface area (Å²) in [6.07, 6.45) is 1.36. The molecule has 104 valence electrons. The Kier molecular flexibility index (Phi) is 5.19. The number of aryl methyl sites for hydroxylation is 1. The smallest absolute Gasteiger partial charge is 0.130 e. The Labute approximate surface area is 124 Å². The van der Waals surface area contributed by atoms with Crippen LogP contribution in [0.2, 0.25) is 5.02 Å². The van der Waals surface area contributed by atoms with Gasteiger partial charge in [0.2, 0.25) is 0 Å². The first-order chi connectivity index (χ1) is 9.65. The first kappa shape index (κ1) is 14.6. The van der Waals surface area contributed by atoms with Gasteiger partial charge in [0.25, 0.3) is 0 Å². The van der Waals surface area contributed by atoms with E-state index >= 15 is 0 Å². The molecule has 2 rings (SSSR count). The van der Waals surface area contributed by atoms with Gasteiger partial charge in [0.05, 0.1) is 0 Å². The van der Waals surface area contributed by atoms with Crippen LogP contribution < -0.4 is 4.74 Å². The predicted molar refractivity (Wildman–Crippen MR) is 81.2 cm³/mol. The van der Waals surface area contributed by atoms with E-state index in [1.807, 2.05) is 48.5 Å². The molecule has 0 aliphatic heterocycles. The first-order valence-electron chi connectivity index (χ1n) is 6.60. The molecule has 3 heteroatoms. The highest BCUT2D eigenvalue weighted by Crippen LogP contribution is 2.19. The minimum Gasteiger partial charge on any atom is -0.489 e. The maximum absolute atomic E-state index is 10.9. The van der Waals surface area contributed by atoms with E-state index in [1.54, 1.807) is 6.92 Å². The van der Waals surface area contributed by atoms with Crippen LogP contribution in [0.1, 0.15) is 24.5 Å². The monoisotopic (exact) mass is 288 g/mol. The molecule has 0 aromatic heterocycles. The van der Waals surface area contributed by atoms with E-state index in [2.05, 4.69) is 0 Å². The molecule has 0 saturated carbocycles. The quantitative estimate of drug-likeness (QED) is 0.785. The van der Waals surface area contributed by atoms with Gasteiger partial charge in [0.15, 0.2) is 0 Å². The summed E-state index contributed by atoms with van der Waals surface area (Å²) in [7, 11) is 0. The van der Waals surface area contributed by atoms with Gasteiger partial charge < -0.3 is 9.53 Å². The highest BCUT2D eigenvalue weighted by atomic mass is 35.5. The van der Waals surface area contributed by atoms with Gasteiger partial charge in [-0.15, -0.1) is 0 Å². The maximum Gasteiger partial charge on any atom is 0.130 e. The second-order valence-electron chi connectivity index (χ2n) is 4.73. The largest absolute Gasteiger partial charge is 0.489 e. The second-order valence-corrected chi connectivity index (χ2v) is 5.13. The van der Waals surface area contributed by atoms with Gasteiger partial charge in [-0.05, 0) is 37.1 Å². The molecule has 0 atom stereocenters. The van der Waals surface area contributed by atoms with E-state index in [9.17, 15) is 4.79 Å². The highest BCUT2D eigenvalue weighted by molar-refractivity contribution is 6.31. The maximum atomic E-state index is 10.9. The van der Waals surface area contributed by atoms with E-state index in [1.165, 1.54) is 0 Å². The molecule has 0 aliphatic rings. The Bertz CT molecular complexity index is 576. The molecule has 0 amide bonds. The van der Waals surface area contributed by atoms with Gasteiger partial charge in [-0.1, -0.05) is 41.9 Å². The van der Waals surface area contributed by atoms with Crippen LogP contribution in [-0.2, 0) is 17.8 Å². The van der Waals surface area contributed by atoms with Crippen molar-refractivity contribution in [3.05, 3.63) is 64.7 Å². The van der Waals surface area contributed by atoms with Crippen molar-refractivity contribution >= 4 is 17.4 Å². The third-order valence-corrected chi connectivity index (χ3v) is 3.41. The van der Waals surface area contributed by atoms with Crippen molar-refractivity contribution in [3.8, 4) is 5.75 Å². The summed E-state index contributed by atoms with van der Waals surface area (Å²) in [5.41, 5.74) is 2.11. The number of ketones is 1. The fourth-order valence-electron chi connectivity index (χ4n) is 1.85. The second kappa shape index (κ2) is 7.11. The topological polar surface area (TPSA) is 26.3 Å². The molecule has 0 heterocycles. The van der Waals surface area contributed by atoms with Gasteiger partial charge in [0, 0.05) is 17.0 Å². The van der Waals surface area contributed by atoms with Crippen molar-refractivity contribution in [2.45, 2.75) is 26.4 Å². The molecule has 0 unspecified atom stereocenters. The average molecular weight is 289 g/mol. The van der Waals surface area contributed by atoms with Gasteiger partial charge >= 0.3 is 0 Å². The first-order valence-corrected chi connectivity index (χ1v) is 6.97. The summed E-state index contributed by atoms with van der Waals surface area (Å²) < 4.78 is 5.70. The van der Waals surface area contributed by atoms with Crippen LogP contribution in [0, 0.1) is 0 Å². The number of carbonyl (C=O) groups is 1. The van der Waals surface area contributed by atoms with E-state index in [0.29, 0.717) is 18.1 Å². The number of Topliss-reactive ketones (excluding diaryl/α,β-unsaturated/α-hetero) is 1. The lowest BCUT2D eigenvalue weighted by Gasteiger charge is -2.08.